The van der Waals surface area contributed by atoms with Crippen LogP contribution in [0.25, 0.3) is 15.9 Å². The Kier molecular flexibility index (Phi) is 5.90. The quantitative estimate of drug-likeness (QED) is 0.451. The number of fused-ring (bicyclic) bond motifs is 1. The second kappa shape index (κ2) is 8.67. The third kappa shape index (κ3) is 3.84. The van der Waals surface area contributed by atoms with Crippen molar-refractivity contribution in [2.45, 2.75) is 13.5 Å². The van der Waals surface area contributed by atoms with E-state index in [0.717, 1.165) is 15.9 Å². The largest absolute Gasteiger partial charge is 0.497 e. The number of hydrogen-bond donors (Lipinski definition) is 0. The summed E-state index contributed by atoms with van der Waals surface area (Å²) in [6.07, 6.45) is 0. The van der Waals surface area contributed by atoms with Crippen LogP contribution in [-0.2, 0) is 6.54 Å². The van der Waals surface area contributed by atoms with Crippen LogP contribution in [0.1, 0.15) is 20.8 Å². The first-order valence-corrected chi connectivity index (χ1v) is 10.9. The van der Waals surface area contributed by atoms with Crippen LogP contribution >= 0.6 is 11.3 Å². The SMILES string of the molecule is COc1cccc(-n2c(=O)c3c(C)c(C(=O)N(C)C)sc3n(Cc3ccccc3F)c2=O)c1. The molecule has 0 fully saturated rings. The van der Waals surface area contributed by atoms with Gasteiger partial charge < -0.3 is 9.64 Å². The van der Waals surface area contributed by atoms with Crippen molar-refractivity contribution in [2.75, 3.05) is 21.2 Å². The molecule has 9 heteroatoms. The molecule has 2 aromatic heterocycles. The minimum absolute atomic E-state index is 0.0954. The third-order valence-corrected chi connectivity index (χ3v) is 6.71. The highest BCUT2D eigenvalue weighted by Gasteiger charge is 2.25. The number of benzene rings is 2. The average molecular weight is 468 g/mol. The van der Waals surface area contributed by atoms with Gasteiger partial charge in [0.2, 0.25) is 0 Å². The van der Waals surface area contributed by atoms with Gasteiger partial charge in [0.1, 0.15) is 16.4 Å². The topological polar surface area (TPSA) is 73.5 Å². The van der Waals surface area contributed by atoms with Gasteiger partial charge in [-0.05, 0) is 30.7 Å². The second-order valence-corrected chi connectivity index (χ2v) is 8.74. The number of rotatable bonds is 5. The molecule has 0 aliphatic heterocycles. The Morgan fingerprint density at radius 1 is 1.12 bits per heavy atom. The van der Waals surface area contributed by atoms with E-state index in [1.165, 1.54) is 22.6 Å². The molecule has 2 heterocycles. The average Bonchev–Trinajstić information content (AvgIpc) is 3.14. The molecule has 4 rings (SSSR count). The number of aryl methyl sites for hydroxylation is 1. The molecule has 0 saturated heterocycles. The molecule has 0 aliphatic carbocycles. The van der Waals surface area contributed by atoms with E-state index >= 15 is 0 Å². The van der Waals surface area contributed by atoms with Crippen LogP contribution in [0.3, 0.4) is 0 Å². The van der Waals surface area contributed by atoms with Crippen LogP contribution in [0.15, 0.2) is 58.1 Å². The summed E-state index contributed by atoms with van der Waals surface area (Å²) < 4.78 is 22.1. The number of hydrogen-bond acceptors (Lipinski definition) is 5. The molecule has 0 aliphatic rings. The number of amides is 1. The van der Waals surface area contributed by atoms with E-state index < -0.39 is 17.1 Å². The van der Waals surface area contributed by atoms with Crippen LogP contribution in [0, 0.1) is 12.7 Å². The summed E-state index contributed by atoms with van der Waals surface area (Å²) in [4.78, 5) is 42.0. The van der Waals surface area contributed by atoms with Gasteiger partial charge in [0.05, 0.1) is 29.6 Å². The van der Waals surface area contributed by atoms with E-state index in [9.17, 15) is 18.8 Å². The lowest BCUT2D eigenvalue weighted by molar-refractivity contribution is 0.0831. The van der Waals surface area contributed by atoms with E-state index in [1.54, 1.807) is 63.5 Å². The van der Waals surface area contributed by atoms with Gasteiger partial charge in [-0.1, -0.05) is 24.3 Å². The lowest BCUT2D eigenvalue weighted by Crippen LogP contribution is -2.39. The van der Waals surface area contributed by atoms with Gasteiger partial charge in [0, 0.05) is 25.7 Å². The Labute approximate surface area is 192 Å². The fourth-order valence-corrected chi connectivity index (χ4v) is 4.98. The lowest BCUT2D eigenvalue weighted by Gasteiger charge is -2.13. The van der Waals surface area contributed by atoms with Gasteiger partial charge >= 0.3 is 5.69 Å². The van der Waals surface area contributed by atoms with Gasteiger partial charge in [-0.3, -0.25) is 14.2 Å². The van der Waals surface area contributed by atoms with E-state index in [2.05, 4.69) is 0 Å². The van der Waals surface area contributed by atoms with Gasteiger partial charge in [0.15, 0.2) is 0 Å². The second-order valence-electron chi connectivity index (χ2n) is 7.74. The van der Waals surface area contributed by atoms with E-state index in [0.29, 0.717) is 32.3 Å². The first-order valence-electron chi connectivity index (χ1n) is 10.1. The summed E-state index contributed by atoms with van der Waals surface area (Å²) in [6.45, 7) is 1.59. The van der Waals surface area contributed by atoms with Crippen LogP contribution in [-0.4, -0.2) is 41.1 Å². The summed E-state index contributed by atoms with van der Waals surface area (Å²) in [5, 5.41) is 0.254. The van der Waals surface area contributed by atoms with Crippen molar-refractivity contribution in [1.29, 1.82) is 0 Å². The van der Waals surface area contributed by atoms with Gasteiger partial charge in [-0.25, -0.2) is 13.8 Å². The predicted molar refractivity (Wildman–Crippen MR) is 126 cm³/mol. The predicted octanol–water partition coefficient (Wildman–Crippen LogP) is 3.42. The minimum Gasteiger partial charge on any atom is -0.497 e. The smallest absolute Gasteiger partial charge is 0.337 e. The van der Waals surface area contributed by atoms with Crippen molar-refractivity contribution < 1.29 is 13.9 Å². The van der Waals surface area contributed by atoms with Crippen LogP contribution in [0.5, 0.6) is 5.75 Å². The molecule has 0 N–H and O–H groups in total. The van der Waals surface area contributed by atoms with Gasteiger partial charge in [-0.15, -0.1) is 11.3 Å². The molecule has 1 amide bonds. The van der Waals surface area contributed by atoms with Crippen LogP contribution < -0.4 is 16.0 Å². The molecule has 0 spiro atoms. The van der Waals surface area contributed by atoms with Crippen molar-refractivity contribution in [2.24, 2.45) is 0 Å². The van der Waals surface area contributed by atoms with Crippen molar-refractivity contribution in [3.05, 3.63) is 91.2 Å². The lowest BCUT2D eigenvalue weighted by atomic mass is 10.2. The summed E-state index contributed by atoms with van der Waals surface area (Å²) in [6, 6.07) is 12.7. The highest BCUT2D eigenvalue weighted by atomic mass is 32.1. The highest BCUT2D eigenvalue weighted by molar-refractivity contribution is 7.20. The summed E-state index contributed by atoms with van der Waals surface area (Å²) in [5.41, 5.74) is -0.0748. The molecule has 0 radical (unpaired) electrons. The zero-order valence-corrected chi connectivity index (χ0v) is 19.4. The fourth-order valence-electron chi connectivity index (χ4n) is 3.67. The van der Waals surface area contributed by atoms with Crippen molar-refractivity contribution >= 4 is 27.5 Å². The Morgan fingerprint density at radius 3 is 2.52 bits per heavy atom. The Bertz CT molecular complexity index is 1500. The molecule has 4 aromatic rings. The number of aromatic nitrogens is 2. The number of ether oxygens (including phenoxy) is 1. The first-order chi connectivity index (χ1) is 15.7. The number of thiophene rings is 1. The molecule has 33 heavy (non-hydrogen) atoms. The summed E-state index contributed by atoms with van der Waals surface area (Å²) in [7, 11) is 4.73. The van der Waals surface area contributed by atoms with E-state index in [1.807, 2.05) is 0 Å². The molecule has 170 valence electrons. The number of methoxy groups -OCH3 is 1. The first kappa shape index (κ1) is 22.5. The highest BCUT2D eigenvalue weighted by Crippen LogP contribution is 2.29. The van der Waals surface area contributed by atoms with Crippen LogP contribution in [0.2, 0.25) is 0 Å². The fraction of sp³-hybridized carbons (Fsp3) is 0.208. The monoisotopic (exact) mass is 467 g/mol. The van der Waals surface area contributed by atoms with Gasteiger partial charge in [0.25, 0.3) is 11.5 Å². The zero-order valence-electron chi connectivity index (χ0n) is 18.6. The molecule has 0 saturated carbocycles. The van der Waals surface area contributed by atoms with Crippen molar-refractivity contribution in [3.8, 4) is 11.4 Å². The number of nitrogens with zero attached hydrogens (tertiary/aromatic N) is 3. The number of carbonyl (C=O) groups is 1. The summed E-state index contributed by atoms with van der Waals surface area (Å²) >= 11 is 1.06. The zero-order chi connectivity index (χ0) is 23.9. The molecule has 0 unspecified atom stereocenters. The van der Waals surface area contributed by atoms with Crippen molar-refractivity contribution in [3.63, 3.8) is 0 Å². The number of carbonyl (C=O) groups excluding carboxylic acids is 1. The Balaban J connectivity index is 2.10. The molecular formula is C24H22FN3O4S. The van der Waals surface area contributed by atoms with Crippen LogP contribution in [0.4, 0.5) is 4.39 Å². The third-order valence-electron chi connectivity index (χ3n) is 5.41. The maximum atomic E-state index is 14.5. The minimum atomic E-state index is -0.630. The maximum Gasteiger partial charge on any atom is 0.337 e. The van der Waals surface area contributed by atoms with Gasteiger partial charge in [-0.2, -0.15) is 0 Å². The molecule has 2 aromatic carbocycles. The number of halogens is 1. The van der Waals surface area contributed by atoms with Crippen molar-refractivity contribution in [1.82, 2.24) is 14.0 Å². The summed E-state index contributed by atoms with van der Waals surface area (Å²) in [5.74, 6) is -0.259. The van der Waals surface area contributed by atoms with E-state index in [4.69, 9.17) is 4.74 Å². The standard InChI is InChI=1S/C24H22FN3O4S/c1-14-19-21(29)28(16-9-7-10-17(12-16)32-4)24(31)27(13-15-8-5-6-11-18(15)25)23(19)33-20(14)22(30)26(2)3/h5-12H,13H2,1-4H3. The normalized spacial score (nSPS) is 11.1. The Hall–Kier alpha value is -3.72. The molecule has 0 atom stereocenters. The molecular weight excluding hydrogens is 445 g/mol. The maximum absolute atomic E-state index is 14.5. The molecule has 7 nitrogen and oxygen atoms in total. The van der Waals surface area contributed by atoms with E-state index in [-0.39, 0.29) is 17.8 Å². The Morgan fingerprint density at radius 2 is 1.85 bits per heavy atom. The molecule has 0 bridgehead atoms.